The molecule has 3 aromatic heterocycles. The topological polar surface area (TPSA) is 123 Å². The molecule has 1 saturated heterocycles. The molecule has 4 rings (SSSR count). The summed E-state index contributed by atoms with van der Waals surface area (Å²) in [6.45, 7) is 1.40. The highest BCUT2D eigenvalue weighted by molar-refractivity contribution is 7.91. The molecule has 0 aromatic carbocycles. The number of amides is 1. The molecule has 4 heterocycles. The quantitative estimate of drug-likeness (QED) is 0.663. The zero-order chi connectivity index (χ0) is 19.7. The lowest BCUT2D eigenvalue weighted by Crippen LogP contribution is -2.49. The molecule has 0 radical (unpaired) electrons. The van der Waals surface area contributed by atoms with Crippen LogP contribution in [0.3, 0.4) is 0 Å². The number of nitrogens with zero attached hydrogens (tertiary/aromatic N) is 4. The van der Waals surface area contributed by atoms with Gasteiger partial charge in [0.05, 0.1) is 11.8 Å². The number of aromatic nitrogens is 2. The van der Waals surface area contributed by atoms with Crippen molar-refractivity contribution in [3.63, 3.8) is 0 Å². The first-order valence-corrected chi connectivity index (χ1v) is 10.8. The van der Waals surface area contributed by atoms with Gasteiger partial charge in [0.15, 0.2) is 5.76 Å². The van der Waals surface area contributed by atoms with E-state index in [-0.39, 0.29) is 17.3 Å². The maximum atomic E-state index is 13.0. The Labute approximate surface area is 165 Å². The number of sulfonamides is 1. The summed E-state index contributed by atoms with van der Waals surface area (Å²) in [5.74, 6) is 0.448. The average molecular weight is 419 g/mol. The van der Waals surface area contributed by atoms with Crippen LogP contribution in [0.5, 0.6) is 0 Å². The Bertz CT molecular complexity index is 1090. The Morgan fingerprint density at radius 2 is 1.96 bits per heavy atom. The van der Waals surface area contributed by atoms with Gasteiger partial charge in [-0.05, 0) is 18.2 Å². The number of anilines is 1. The van der Waals surface area contributed by atoms with Crippen LogP contribution in [-0.2, 0) is 10.0 Å². The summed E-state index contributed by atoms with van der Waals surface area (Å²) in [6, 6.07) is 6.54. The summed E-state index contributed by atoms with van der Waals surface area (Å²) in [5, 5.41) is 5.37. The molecule has 2 N–H and O–H groups in total. The van der Waals surface area contributed by atoms with E-state index >= 15 is 0 Å². The van der Waals surface area contributed by atoms with Crippen LogP contribution in [0.2, 0.25) is 0 Å². The first-order chi connectivity index (χ1) is 13.5. The third-order valence-electron chi connectivity index (χ3n) is 4.48. The third kappa shape index (κ3) is 3.39. The van der Waals surface area contributed by atoms with Crippen molar-refractivity contribution in [1.29, 1.82) is 0 Å². The molecular weight excluding hydrogens is 402 g/mol. The van der Waals surface area contributed by atoms with Crippen LogP contribution in [0, 0.1) is 0 Å². The number of piperazine rings is 1. The molecule has 0 saturated carbocycles. The van der Waals surface area contributed by atoms with E-state index in [1.54, 1.807) is 35.8 Å². The number of hydrogen-bond acceptors (Lipinski definition) is 8. The number of primary amides is 1. The van der Waals surface area contributed by atoms with E-state index in [2.05, 4.69) is 10.1 Å². The van der Waals surface area contributed by atoms with Gasteiger partial charge < -0.3 is 15.2 Å². The maximum Gasteiger partial charge on any atom is 0.252 e. The van der Waals surface area contributed by atoms with Gasteiger partial charge in [-0.25, -0.2) is 13.4 Å². The third-order valence-corrected chi connectivity index (χ3v) is 7.80. The molecule has 1 fully saturated rings. The van der Waals surface area contributed by atoms with Gasteiger partial charge in [-0.15, -0.1) is 11.3 Å². The molecule has 146 valence electrons. The Kier molecular flexibility index (Phi) is 4.87. The zero-order valence-corrected chi connectivity index (χ0v) is 16.3. The fourth-order valence-electron chi connectivity index (χ4n) is 3.05. The fourth-order valence-corrected chi connectivity index (χ4v) is 5.80. The van der Waals surface area contributed by atoms with Gasteiger partial charge in [-0.1, -0.05) is 5.16 Å². The molecule has 1 amide bonds. The van der Waals surface area contributed by atoms with Crippen LogP contribution < -0.4 is 10.6 Å². The van der Waals surface area contributed by atoms with Crippen molar-refractivity contribution in [1.82, 2.24) is 14.4 Å². The van der Waals surface area contributed by atoms with Crippen molar-refractivity contribution in [2.75, 3.05) is 31.1 Å². The molecule has 0 aliphatic carbocycles. The van der Waals surface area contributed by atoms with Gasteiger partial charge in [0, 0.05) is 49.4 Å². The second-order valence-electron chi connectivity index (χ2n) is 6.16. The number of hydrogen-bond donors (Lipinski definition) is 1. The fraction of sp³-hybridized carbons (Fsp3) is 0.235. The van der Waals surface area contributed by atoms with Gasteiger partial charge in [-0.2, -0.15) is 4.31 Å². The van der Waals surface area contributed by atoms with Gasteiger partial charge in [0.1, 0.15) is 10.0 Å². The van der Waals surface area contributed by atoms with Crippen LogP contribution >= 0.6 is 11.3 Å². The lowest BCUT2D eigenvalue weighted by Gasteiger charge is -2.34. The monoisotopic (exact) mass is 419 g/mol. The van der Waals surface area contributed by atoms with E-state index in [4.69, 9.17) is 10.3 Å². The predicted molar refractivity (Wildman–Crippen MR) is 104 cm³/mol. The minimum absolute atomic E-state index is 0.253. The second-order valence-corrected chi connectivity index (χ2v) is 9.24. The second kappa shape index (κ2) is 7.34. The molecule has 11 heteroatoms. The Balaban J connectivity index is 1.50. The average Bonchev–Trinajstić information content (AvgIpc) is 3.40. The Hall–Kier alpha value is -2.76. The van der Waals surface area contributed by atoms with Crippen molar-refractivity contribution in [3.05, 3.63) is 47.6 Å². The van der Waals surface area contributed by atoms with Gasteiger partial charge in [-0.3, -0.25) is 4.79 Å². The van der Waals surface area contributed by atoms with E-state index < -0.39 is 15.9 Å². The number of carbonyl (C=O) groups is 1. The molecule has 3 aromatic rings. The number of rotatable bonds is 5. The van der Waals surface area contributed by atoms with E-state index in [0.29, 0.717) is 35.8 Å². The minimum atomic E-state index is -3.61. The summed E-state index contributed by atoms with van der Waals surface area (Å²) in [6.07, 6.45) is 3.10. The SMILES string of the molecule is NC(=O)c1cccnc1N1CCN(S(=O)(=O)c2cc(-c3ccno3)cs2)CC1. The molecule has 9 nitrogen and oxygen atoms in total. The molecule has 0 bridgehead atoms. The lowest BCUT2D eigenvalue weighted by atomic mass is 10.2. The molecule has 1 aliphatic heterocycles. The van der Waals surface area contributed by atoms with Crippen LogP contribution in [0.1, 0.15) is 10.4 Å². The van der Waals surface area contributed by atoms with Crippen molar-refractivity contribution < 1.29 is 17.7 Å². The number of thiophene rings is 1. The molecule has 0 atom stereocenters. The summed E-state index contributed by atoms with van der Waals surface area (Å²) in [5.41, 5.74) is 6.42. The highest BCUT2D eigenvalue weighted by Crippen LogP contribution is 2.31. The first kappa shape index (κ1) is 18.6. The number of nitrogens with two attached hydrogens (primary N) is 1. The number of pyridine rings is 1. The maximum absolute atomic E-state index is 13.0. The van der Waals surface area contributed by atoms with E-state index in [1.807, 2.05) is 4.90 Å². The van der Waals surface area contributed by atoms with Gasteiger partial charge >= 0.3 is 0 Å². The van der Waals surface area contributed by atoms with Crippen molar-refractivity contribution >= 4 is 33.1 Å². The highest BCUT2D eigenvalue weighted by atomic mass is 32.2. The van der Waals surface area contributed by atoms with Crippen LogP contribution in [0.4, 0.5) is 5.82 Å². The molecule has 28 heavy (non-hydrogen) atoms. The van der Waals surface area contributed by atoms with E-state index in [0.717, 1.165) is 11.3 Å². The largest absolute Gasteiger partial charge is 0.365 e. The summed E-state index contributed by atoms with van der Waals surface area (Å²) in [4.78, 5) is 17.7. The Morgan fingerprint density at radius 3 is 2.64 bits per heavy atom. The smallest absolute Gasteiger partial charge is 0.252 e. The van der Waals surface area contributed by atoms with Crippen molar-refractivity contribution in [2.24, 2.45) is 5.73 Å². The van der Waals surface area contributed by atoms with Crippen LogP contribution in [0.15, 0.2) is 50.8 Å². The van der Waals surface area contributed by atoms with Crippen molar-refractivity contribution in [3.8, 4) is 11.3 Å². The minimum Gasteiger partial charge on any atom is -0.365 e. The molecular formula is C17H17N5O4S2. The molecule has 1 aliphatic rings. The predicted octanol–water partition coefficient (Wildman–Crippen LogP) is 1.41. The Morgan fingerprint density at radius 1 is 1.18 bits per heavy atom. The lowest BCUT2D eigenvalue weighted by molar-refractivity contribution is 0.1000. The highest BCUT2D eigenvalue weighted by Gasteiger charge is 2.31. The summed E-state index contributed by atoms with van der Waals surface area (Å²) < 4.78 is 32.7. The standard InChI is InChI=1S/C17H17N5O4S2/c18-16(23)13-2-1-4-19-17(13)21-6-8-22(9-7-21)28(24,25)15-10-12(11-27-15)14-3-5-20-26-14/h1-5,10-11H,6-9H2,(H2,18,23). The molecule has 0 spiro atoms. The molecule has 0 unspecified atom stereocenters. The number of carbonyl (C=O) groups excluding carboxylic acids is 1. The van der Waals surface area contributed by atoms with Crippen LogP contribution in [-0.4, -0.2) is 54.9 Å². The van der Waals surface area contributed by atoms with Crippen LogP contribution in [0.25, 0.3) is 11.3 Å². The van der Waals surface area contributed by atoms with Gasteiger partial charge in [0.25, 0.3) is 15.9 Å². The van der Waals surface area contributed by atoms with E-state index in [9.17, 15) is 13.2 Å². The van der Waals surface area contributed by atoms with Gasteiger partial charge in [0.2, 0.25) is 0 Å². The summed E-state index contributed by atoms with van der Waals surface area (Å²) >= 11 is 1.15. The van der Waals surface area contributed by atoms with Crippen molar-refractivity contribution in [2.45, 2.75) is 4.21 Å². The zero-order valence-electron chi connectivity index (χ0n) is 14.7. The van der Waals surface area contributed by atoms with E-state index in [1.165, 1.54) is 10.5 Å². The normalized spacial score (nSPS) is 15.6. The summed E-state index contributed by atoms with van der Waals surface area (Å²) in [7, 11) is -3.61. The first-order valence-electron chi connectivity index (χ1n) is 8.46.